The van der Waals surface area contributed by atoms with Crippen LogP contribution in [-0.4, -0.2) is 85.0 Å². The molecule has 1 aliphatic heterocycles. The summed E-state index contributed by atoms with van der Waals surface area (Å²) < 4.78 is 45.2. The number of amides is 2. The Morgan fingerprint density at radius 3 is 2.53 bits per heavy atom. The third-order valence-electron chi connectivity index (χ3n) is 5.37. The lowest BCUT2D eigenvalue weighted by Crippen LogP contribution is -2.58. The Balaban J connectivity index is 1.77. The summed E-state index contributed by atoms with van der Waals surface area (Å²) in [6, 6.07) is 2.54. The van der Waals surface area contributed by atoms with Gasteiger partial charge in [-0.05, 0) is 62.2 Å². The monoisotopic (exact) mass is 510 g/mol. The Morgan fingerprint density at radius 2 is 1.94 bits per heavy atom. The summed E-state index contributed by atoms with van der Waals surface area (Å²) >= 11 is 0. The molecule has 2 heterocycles. The molecular weight excluding hydrogens is 481 g/mol. The zero-order valence-corrected chi connectivity index (χ0v) is 20.5. The molecule has 0 spiro atoms. The van der Waals surface area contributed by atoms with Crippen LogP contribution in [0.3, 0.4) is 0 Å². The lowest BCUT2D eigenvalue weighted by molar-refractivity contribution is -0.137. The molecule has 0 aliphatic carbocycles. The molecule has 1 saturated heterocycles. The molecule has 2 aromatic rings. The molecule has 1 aromatic carbocycles. The fourth-order valence-electron chi connectivity index (χ4n) is 3.68. The molecule has 36 heavy (non-hydrogen) atoms. The second-order valence-electron chi connectivity index (χ2n) is 9.41. The number of benzene rings is 1. The van der Waals surface area contributed by atoms with Crippen LogP contribution in [0.1, 0.15) is 43.3 Å². The fraction of sp³-hybridized carbons (Fsp3) is 0.522. The average molecular weight is 511 g/mol. The Morgan fingerprint density at radius 1 is 1.22 bits per heavy atom. The molecule has 0 saturated carbocycles. The van der Waals surface area contributed by atoms with Gasteiger partial charge in [-0.1, -0.05) is 6.07 Å². The van der Waals surface area contributed by atoms with E-state index >= 15 is 0 Å². The van der Waals surface area contributed by atoms with Crippen LogP contribution in [0.5, 0.6) is 0 Å². The molecule has 10 nitrogen and oxygen atoms in total. The van der Waals surface area contributed by atoms with Crippen LogP contribution < -0.4 is 0 Å². The number of aromatic nitrogens is 4. The highest BCUT2D eigenvalue weighted by Gasteiger charge is 2.34. The topological polar surface area (TPSA) is 114 Å². The highest BCUT2D eigenvalue weighted by atomic mass is 19.4. The number of rotatable bonds is 5. The highest BCUT2D eigenvalue weighted by molar-refractivity contribution is 5.92. The van der Waals surface area contributed by atoms with Gasteiger partial charge in [0.1, 0.15) is 5.60 Å². The zero-order valence-electron chi connectivity index (χ0n) is 20.5. The van der Waals surface area contributed by atoms with Crippen molar-refractivity contribution < 1.29 is 32.6 Å². The number of aliphatic hydroxyl groups excluding tert-OH is 1. The van der Waals surface area contributed by atoms with Crippen molar-refractivity contribution in [2.45, 2.75) is 52.1 Å². The van der Waals surface area contributed by atoms with E-state index in [-0.39, 0.29) is 38.3 Å². The van der Waals surface area contributed by atoms with Gasteiger partial charge in [0.2, 0.25) is 5.91 Å². The number of piperazine rings is 1. The van der Waals surface area contributed by atoms with Gasteiger partial charge < -0.3 is 19.6 Å². The van der Waals surface area contributed by atoms with Gasteiger partial charge in [0.15, 0.2) is 5.82 Å². The van der Waals surface area contributed by atoms with Crippen molar-refractivity contribution >= 4 is 18.1 Å². The van der Waals surface area contributed by atoms with E-state index in [1.54, 1.807) is 27.7 Å². The van der Waals surface area contributed by atoms with Crippen molar-refractivity contribution in [3.8, 4) is 0 Å². The van der Waals surface area contributed by atoms with Gasteiger partial charge in [-0.2, -0.15) is 18.0 Å². The predicted octanol–water partition coefficient (Wildman–Crippen LogP) is 2.50. The molecule has 1 atom stereocenters. The summed E-state index contributed by atoms with van der Waals surface area (Å²) in [5, 5.41) is 21.4. The van der Waals surface area contributed by atoms with Crippen LogP contribution in [0.25, 0.3) is 6.08 Å². The maximum Gasteiger partial charge on any atom is 0.416 e. The van der Waals surface area contributed by atoms with Gasteiger partial charge in [0.05, 0.1) is 24.8 Å². The van der Waals surface area contributed by atoms with E-state index in [1.165, 1.54) is 32.8 Å². The molecule has 0 bridgehead atoms. The van der Waals surface area contributed by atoms with E-state index in [4.69, 9.17) is 4.74 Å². The minimum absolute atomic E-state index is 0.0769. The molecule has 0 radical (unpaired) electrons. The number of aryl methyl sites for hydroxylation is 1. The van der Waals surface area contributed by atoms with Crippen molar-refractivity contribution in [3.63, 3.8) is 0 Å². The number of hydrogen-bond acceptors (Lipinski definition) is 7. The van der Waals surface area contributed by atoms with E-state index in [2.05, 4.69) is 15.4 Å². The third kappa shape index (κ3) is 7.03. The summed E-state index contributed by atoms with van der Waals surface area (Å²) in [7, 11) is 0. The lowest BCUT2D eigenvalue weighted by Gasteiger charge is -2.40. The number of hydrogen-bond donors (Lipinski definition) is 1. The van der Waals surface area contributed by atoms with Gasteiger partial charge in [0.25, 0.3) is 0 Å². The highest BCUT2D eigenvalue weighted by Crippen LogP contribution is 2.31. The summed E-state index contributed by atoms with van der Waals surface area (Å²) in [4.78, 5) is 29.3. The second-order valence-corrected chi connectivity index (χ2v) is 9.41. The van der Waals surface area contributed by atoms with Crippen LogP contribution in [0.4, 0.5) is 18.0 Å². The predicted molar refractivity (Wildman–Crippen MR) is 123 cm³/mol. The van der Waals surface area contributed by atoms with Gasteiger partial charge in [-0.25, -0.2) is 4.79 Å². The molecule has 3 rings (SSSR count). The zero-order chi connectivity index (χ0) is 26.7. The molecule has 2 amide bonds. The quantitative estimate of drug-likeness (QED) is 0.615. The number of tetrazole rings is 1. The number of aliphatic hydroxyl groups is 1. The normalized spacial score (nSPS) is 17.1. The van der Waals surface area contributed by atoms with E-state index in [0.717, 1.165) is 12.1 Å². The van der Waals surface area contributed by atoms with E-state index in [9.17, 15) is 27.9 Å². The van der Waals surface area contributed by atoms with Crippen LogP contribution in [0.15, 0.2) is 24.3 Å². The van der Waals surface area contributed by atoms with Crippen LogP contribution >= 0.6 is 0 Å². The van der Waals surface area contributed by atoms with Gasteiger partial charge in [-0.15, -0.1) is 10.2 Å². The van der Waals surface area contributed by atoms with Gasteiger partial charge in [-0.3, -0.25) is 4.79 Å². The van der Waals surface area contributed by atoms with Crippen LogP contribution in [0.2, 0.25) is 0 Å². The summed E-state index contributed by atoms with van der Waals surface area (Å²) in [5.74, 6) is -0.0757. The first-order valence-electron chi connectivity index (χ1n) is 11.3. The van der Waals surface area contributed by atoms with Crippen LogP contribution in [-0.2, 0) is 22.3 Å². The fourth-order valence-corrected chi connectivity index (χ4v) is 3.68. The Kier molecular flexibility index (Phi) is 8.02. The first-order valence-corrected chi connectivity index (χ1v) is 11.3. The summed E-state index contributed by atoms with van der Waals surface area (Å²) in [5.41, 5.74) is -0.892. The largest absolute Gasteiger partial charge is 0.444 e. The number of carbonyl (C=O) groups excluding carboxylic acids is 2. The van der Waals surface area contributed by atoms with E-state index in [1.807, 2.05) is 0 Å². The number of nitrogens with zero attached hydrogens (tertiary/aromatic N) is 6. The molecule has 196 valence electrons. The minimum atomic E-state index is -4.54. The Hall–Kier alpha value is -3.48. The third-order valence-corrected chi connectivity index (χ3v) is 5.37. The first kappa shape index (κ1) is 27.1. The molecule has 1 aromatic heterocycles. The van der Waals surface area contributed by atoms with E-state index in [0.29, 0.717) is 11.4 Å². The number of halogens is 3. The SMILES string of the molecule is Cc1nnn(Cc2cc(C(F)(F)F)ccc2C=CC(=O)N2CCN(C(=O)OC(C)(C)C)CC2CO)n1. The maximum atomic E-state index is 13.3. The van der Waals surface area contributed by atoms with Crippen LogP contribution in [0, 0.1) is 6.92 Å². The first-order chi connectivity index (χ1) is 16.8. The smallest absolute Gasteiger partial charge is 0.416 e. The van der Waals surface area contributed by atoms with Gasteiger partial charge >= 0.3 is 12.3 Å². The van der Waals surface area contributed by atoms with Crippen molar-refractivity contribution in [2.24, 2.45) is 0 Å². The standard InChI is InChI=1S/C23H29F3N6O4/c1-15-27-29-32(28-15)12-17-11-18(23(24,25)26)7-5-16(17)6-8-20(34)31-10-9-30(13-19(31)14-33)21(35)36-22(2,3)4/h5-8,11,19,33H,9-10,12-14H2,1-4H3. The van der Waals surface area contributed by atoms with Crippen molar-refractivity contribution in [3.05, 3.63) is 46.8 Å². The summed E-state index contributed by atoms with van der Waals surface area (Å²) in [6.45, 7) is 6.86. The summed E-state index contributed by atoms with van der Waals surface area (Å²) in [6.07, 6.45) is -2.43. The number of carbonyl (C=O) groups is 2. The Labute approximate surface area is 206 Å². The molecule has 13 heteroatoms. The molecule has 1 unspecified atom stereocenters. The molecular formula is C23H29F3N6O4. The number of alkyl halides is 3. The second kappa shape index (κ2) is 10.6. The molecule has 1 fully saturated rings. The Bertz CT molecular complexity index is 1130. The molecule has 1 N–H and O–H groups in total. The van der Waals surface area contributed by atoms with E-state index < -0.39 is 35.4 Å². The minimum Gasteiger partial charge on any atom is -0.444 e. The number of ether oxygens (including phenoxy) is 1. The lowest BCUT2D eigenvalue weighted by atomic mass is 10.0. The maximum absolute atomic E-state index is 13.3. The van der Waals surface area contributed by atoms with Crippen molar-refractivity contribution in [1.82, 2.24) is 30.0 Å². The van der Waals surface area contributed by atoms with Crippen molar-refractivity contribution in [1.29, 1.82) is 0 Å². The average Bonchev–Trinajstić information content (AvgIpc) is 3.20. The molecule has 1 aliphatic rings. The van der Waals surface area contributed by atoms with Gasteiger partial charge in [0, 0.05) is 25.7 Å². The van der Waals surface area contributed by atoms with Crippen molar-refractivity contribution in [2.75, 3.05) is 26.2 Å².